The van der Waals surface area contributed by atoms with Crippen LogP contribution in [0.5, 0.6) is 0 Å². The largest absolute Gasteiger partial charge is 0.304 e. The van der Waals surface area contributed by atoms with Crippen LogP contribution in [0.3, 0.4) is 0 Å². The standard InChI is InChI=1S/C32H16N4O8S4/c37-45(38)21-13-5-1-9-17(21)35-19-11-3-7-15-23(19)47(41,42)31-27(35)29(45)25-26(33-31)30-28-32(34-25)48(43,44)24-16-8-4-12-20(24)36(28)18-10-2-6-14-22(18)46(30,39)40/h1-16H. The van der Waals surface area contributed by atoms with Gasteiger partial charge in [0.25, 0.3) is 0 Å². The predicted molar refractivity (Wildman–Crippen MR) is 171 cm³/mol. The molecule has 0 unspecified atom stereocenters. The zero-order valence-electron chi connectivity index (χ0n) is 23.9. The van der Waals surface area contributed by atoms with E-state index in [0.717, 1.165) is 0 Å². The Morgan fingerprint density at radius 1 is 0.375 bits per heavy atom. The lowest BCUT2D eigenvalue weighted by molar-refractivity contribution is 0.581. The third-order valence-corrected chi connectivity index (χ3v) is 16.1. The number of anilines is 6. The fraction of sp³-hybridized carbons (Fsp3) is 0. The number of pyridine rings is 2. The minimum absolute atomic E-state index is 0.142. The molecule has 0 amide bonds. The molecule has 16 heteroatoms. The average Bonchev–Trinajstić information content (AvgIpc) is 3.07. The normalized spacial score (nSPS) is 18.8. The summed E-state index contributed by atoms with van der Waals surface area (Å²) in [6, 6.07) is 23.9. The van der Waals surface area contributed by atoms with E-state index in [-0.39, 0.29) is 53.7 Å². The van der Waals surface area contributed by atoms with Gasteiger partial charge in [-0.05, 0) is 48.5 Å². The molecule has 0 bridgehead atoms. The number of rotatable bonds is 0. The summed E-state index contributed by atoms with van der Waals surface area (Å²) in [5.74, 6) is 0. The Labute approximate surface area is 273 Å². The minimum atomic E-state index is -4.67. The van der Waals surface area contributed by atoms with E-state index in [1.807, 2.05) is 0 Å². The summed E-state index contributed by atoms with van der Waals surface area (Å²) in [6.07, 6.45) is 0. The summed E-state index contributed by atoms with van der Waals surface area (Å²) < 4.78 is 116. The molecular formula is C32H16N4O8S4. The molecule has 6 aromatic rings. The number of para-hydroxylation sites is 4. The first-order valence-electron chi connectivity index (χ1n) is 14.3. The highest BCUT2D eigenvalue weighted by Gasteiger charge is 2.51. The number of sulfone groups is 4. The van der Waals surface area contributed by atoms with Crippen molar-refractivity contribution in [3.63, 3.8) is 0 Å². The summed E-state index contributed by atoms with van der Waals surface area (Å²) in [7, 11) is -18.5. The summed E-state index contributed by atoms with van der Waals surface area (Å²) in [4.78, 5) is 9.73. The van der Waals surface area contributed by atoms with Crippen molar-refractivity contribution < 1.29 is 33.7 Å². The van der Waals surface area contributed by atoms with E-state index < -0.39 is 70.2 Å². The summed E-state index contributed by atoms with van der Waals surface area (Å²) >= 11 is 0. The van der Waals surface area contributed by atoms with Gasteiger partial charge in [-0.1, -0.05) is 48.5 Å². The van der Waals surface area contributed by atoms with E-state index in [1.165, 1.54) is 82.6 Å². The molecule has 4 aliphatic rings. The van der Waals surface area contributed by atoms with Crippen LogP contribution in [0, 0.1) is 0 Å². The van der Waals surface area contributed by atoms with Crippen molar-refractivity contribution in [2.24, 2.45) is 0 Å². The lowest BCUT2D eigenvalue weighted by Crippen LogP contribution is -2.32. The number of hydrogen-bond donors (Lipinski definition) is 0. The van der Waals surface area contributed by atoms with Crippen molar-refractivity contribution >= 4 is 84.5 Å². The van der Waals surface area contributed by atoms with Gasteiger partial charge in [0.05, 0.1) is 42.3 Å². The molecule has 0 saturated heterocycles. The molecule has 10 rings (SSSR count). The van der Waals surface area contributed by atoms with Crippen molar-refractivity contribution in [3.8, 4) is 0 Å². The van der Waals surface area contributed by atoms with E-state index in [0.29, 0.717) is 0 Å². The van der Waals surface area contributed by atoms with Gasteiger partial charge in [-0.15, -0.1) is 0 Å². The van der Waals surface area contributed by atoms with E-state index >= 15 is 0 Å². The van der Waals surface area contributed by atoms with Gasteiger partial charge in [-0.25, -0.2) is 43.6 Å². The van der Waals surface area contributed by atoms with Crippen molar-refractivity contribution in [2.75, 3.05) is 9.80 Å². The van der Waals surface area contributed by atoms with Gasteiger partial charge in [-0.3, -0.25) is 0 Å². The third-order valence-electron chi connectivity index (χ3n) is 8.99. The molecule has 0 saturated carbocycles. The van der Waals surface area contributed by atoms with Gasteiger partial charge in [0.1, 0.15) is 32.2 Å². The first-order chi connectivity index (χ1) is 22.9. The Morgan fingerprint density at radius 3 is 0.958 bits per heavy atom. The molecule has 0 fully saturated rings. The van der Waals surface area contributed by atoms with Crippen LogP contribution in [0.15, 0.2) is 136 Å². The molecule has 0 N–H and O–H groups in total. The van der Waals surface area contributed by atoms with Crippen LogP contribution in [0.2, 0.25) is 0 Å². The molecule has 0 spiro atoms. The molecule has 6 heterocycles. The molecule has 12 nitrogen and oxygen atoms in total. The van der Waals surface area contributed by atoms with Crippen LogP contribution >= 0.6 is 0 Å². The quantitative estimate of drug-likeness (QED) is 0.203. The van der Waals surface area contributed by atoms with Crippen LogP contribution in [0.4, 0.5) is 34.1 Å². The summed E-state index contributed by atoms with van der Waals surface area (Å²) in [5.41, 5.74) is -1.32. The third kappa shape index (κ3) is 3.01. The Hall–Kier alpha value is -5.16. The molecule has 0 atom stereocenters. The Bertz CT molecular complexity index is 2810. The molecular weight excluding hydrogens is 697 g/mol. The van der Waals surface area contributed by atoms with E-state index in [4.69, 9.17) is 0 Å². The SMILES string of the molecule is O=S1(=O)c2ccccc2N2c3ccccc3S(=O)(=O)c3c2c1nc1c2c4c(nc31)S(=O)(=O)c1ccccc1N4c1ccccc1S2(=O)=O. The Morgan fingerprint density at radius 2 is 0.646 bits per heavy atom. The molecule has 48 heavy (non-hydrogen) atoms. The molecule has 4 aliphatic heterocycles. The van der Waals surface area contributed by atoms with Gasteiger partial charge >= 0.3 is 0 Å². The summed E-state index contributed by atoms with van der Waals surface area (Å²) in [5, 5.41) is -1.39. The number of fused-ring (bicyclic) bond motifs is 11. The predicted octanol–water partition coefficient (Wildman–Crippen LogP) is 5.15. The van der Waals surface area contributed by atoms with Crippen LogP contribution in [0.1, 0.15) is 0 Å². The van der Waals surface area contributed by atoms with Crippen LogP contribution in [-0.4, -0.2) is 43.6 Å². The summed E-state index contributed by atoms with van der Waals surface area (Å²) in [6.45, 7) is 0. The second-order valence-corrected chi connectivity index (χ2v) is 18.8. The maximum atomic E-state index is 14.6. The smallest absolute Gasteiger partial charge is 0.228 e. The van der Waals surface area contributed by atoms with E-state index in [2.05, 4.69) is 9.97 Å². The van der Waals surface area contributed by atoms with Crippen LogP contribution in [0.25, 0.3) is 11.0 Å². The lowest BCUT2D eigenvalue weighted by Gasteiger charge is -2.40. The topological polar surface area (TPSA) is 169 Å². The first-order valence-corrected chi connectivity index (χ1v) is 20.2. The maximum Gasteiger partial charge on any atom is 0.228 e. The zero-order valence-corrected chi connectivity index (χ0v) is 27.2. The highest BCUT2D eigenvalue weighted by molar-refractivity contribution is 7.94. The molecule has 236 valence electrons. The van der Waals surface area contributed by atoms with Crippen molar-refractivity contribution in [3.05, 3.63) is 97.1 Å². The average molecular weight is 713 g/mol. The van der Waals surface area contributed by atoms with Gasteiger partial charge in [-0.2, -0.15) is 0 Å². The van der Waals surface area contributed by atoms with Gasteiger partial charge in [0, 0.05) is 0 Å². The van der Waals surface area contributed by atoms with Crippen LogP contribution in [-0.2, 0) is 39.3 Å². The Balaban J connectivity index is 1.49. The van der Waals surface area contributed by atoms with Crippen LogP contribution < -0.4 is 9.80 Å². The molecule has 4 aromatic carbocycles. The minimum Gasteiger partial charge on any atom is -0.304 e. The lowest BCUT2D eigenvalue weighted by atomic mass is 10.1. The maximum absolute atomic E-state index is 14.6. The molecule has 2 aromatic heterocycles. The number of hydrogen-bond acceptors (Lipinski definition) is 12. The number of aromatic nitrogens is 2. The monoisotopic (exact) mass is 712 g/mol. The van der Waals surface area contributed by atoms with Crippen molar-refractivity contribution in [2.45, 2.75) is 39.4 Å². The van der Waals surface area contributed by atoms with Crippen molar-refractivity contribution in [1.29, 1.82) is 0 Å². The van der Waals surface area contributed by atoms with Gasteiger partial charge < -0.3 is 9.80 Å². The van der Waals surface area contributed by atoms with Gasteiger partial charge in [0.15, 0.2) is 10.1 Å². The highest BCUT2D eigenvalue weighted by atomic mass is 32.2. The molecule has 0 aliphatic carbocycles. The zero-order chi connectivity index (χ0) is 33.1. The highest BCUT2D eigenvalue weighted by Crippen LogP contribution is 2.60. The second-order valence-electron chi connectivity index (χ2n) is 11.4. The fourth-order valence-electron chi connectivity index (χ4n) is 7.07. The first kappa shape index (κ1) is 27.9. The van der Waals surface area contributed by atoms with Crippen molar-refractivity contribution in [1.82, 2.24) is 9.97 Å². The Kier molecular flexibility index (Phi) is 4.92. The number of benzene rings is 4. The fourth-order valence-corrected chi connectivity index (χ4v) is 13.8. The van der Waals surface area contributed by atoms with Gasteiger partial charge in [0.2, 0.25) is 39.3 Å². The van der Waals surface area contributed by atoms with E-state index in [1.54, 1.807) is 24.3 Å². The molecule has 0 radical (unpaired) electrons. The number of nitrogens with zero attached hydrogens (tertiary/aromatic N) is 4. The van der Waals surface area contributed by atoms with E-state index in [9.17, 15) is 33.7 Å². The second kappa shape index (κ2) is 8.46.